The number of H-pyrrole nitrogens is 1. The number of alkyl halides is 3. The lowest BCUT2D eigenvalue weighted by Crippen LogP contribution is -2.15. The molecule has 5 nitrogen and oxygen atoms in total. The van der Waals surface area contributed by atoms with Gasteiger partial charge in [-0.05, 0) is 18.2 Å². The number of nitrogens with zero attached hydrogens (tertiary/aromatic N) is 1. The predicted octanol–water partition coefficient (Wildman–Crippen LogP) is 2.88. The molecule has 2 N–H and O–H groups in total. The Morgan fingerprint density at radius 2 is 2.00 bits per heavy atom. The summed E-state index contributed by atoms with van der Waals surface area (Å²) in [6.07, 6.45) is -2.26. The van der Waals surface area contributed by atoms with Crippen LogP contribution in [0.1, 0.15) is 5.56 Å². The first-order valence-electron chi connectivity index (χ1n) is 5.08. The van der Waals surface area contributed by atoms with Gasteiger partial charge in [-0.2, -0.15) is 18.3 Å². The van der Waals surface area contributed by atoms with Crippen LogP contribution in [0.4, 0.5) is 18.9 Å². The molecule has 0 aliphatic rings. The summed E-state index contributed by atoms with van der Waals surface area (Å²) in [6.45, 7) is 0. The van der Waals surface area contributed by atoms with E-state index < -0.39 is 26.7 Å². The first kappa shape index (κ1) is 14.7. The smallest absolute Gasteiger partial charge is 0.284 e. The van der Waals surface area contributed by atoms with Crippen LogP contribution in [-0.4, -0.2) is 18.6 Å². The second-order valence-electron chi connectivity index (χ2n) is 3.74. The number of halogens is 4. The molecule has 0 bridgehead atoms. The fourth-order valence-corrected chi connectivity index (χ4v) is 2.96. The van der Waals surface area contributed by atoms with E-state index in [4.69, 9.17) is 11.6 Å². The summed E-state index contributed by atoms with van der Waals surface area (Å²) in [5, 5.41) is 5.57. The Bertz CT molecular complexity index is 714. The average Bonchev–Trinajstić information content (AvgIpc) is 2.79. The van der Waals surface area contributed by atoms with Crippen LogP contribution in [0.2, 0.25) is 5.02 Å². The van der Waals surface area contributed by atoms with E-state index in [1.807, 2.05) is 0 Å². The maximum Gasteiger partial charge on any atom is 0.416 e. The molecule has 108 valence electrons. The number of nitrogens with one attached hydrogen (secondary N) is 2. The van der Waals surface area contributed by atoms with E-state index in [1.54, 1.807) is 0 Å². The molecule has 0 radical (unpaired) electrons. The Kier molecular flexibility index (Phi) is 3.65. The van der Waals surface area contributed by atoms with E-state index in [0.717, 1.165) is 6.07 Å². The zero-order chi connectivity index (χ0) is 15.0. The maximum atomic E-state index is 12.6. The second kappa shape index (κ2) is 4.98. The molecule has 1 aromatic heterocycles. The van der Waals surface area contributed by atoms with Gasteiger partial charge < -0.3 is 0 Å². The van der Waals surface area contributed by atoms with Gasteiger partial charge in [0, 0.05) is 6.20 Å². The minimum Gasteiger partial charge on any atom is -0.284 e. The van der Waals surface area contributed by atoms with Gasteiger partial charge in [-0.15, -0.1) is 0 Å². The molecule has 20 heavy (non-hydrogen) atoms. The Hall–Kier alpha value is -1.74. The average molecular weight is 326 g/mol. The molecular formula is C10H7ClF3N3O2S. The standard InChI is InChI=1S/C10H7ClF3N3O2S/c11-8-2-1-6(10(12,13)14)3-9(8)20(18,19)17-7-4-15-16-5-7/h1-5,17H,(H,15,16). The SMILES string of the molecule is O=S(=O)(Nc1cn[nH]c1)c1cc(C(F)(F)F)ccc1Cl. The molecule has 2 aromatic rings. The Morgan fingerprint density at radius 3 is 2.55 bits per heavy atom. The van der Waals surface area contributed by atoms with E-state index in [2.05, 4.69) is 14.9 Å². The van der Waals surface area contributed by atoms with Gasteiger partial charge >= 0.3 is 6.18 Å². The van der Waals surface area contributed by atoms with E-state index in [9.17, 15) is 21.6 Å². The van der Waals surface area contributed by atoms with Gasteiger partial charge in [0.2, 0.25) is 0 Å². The van der Waals surface area contributed by atoms with Crippen LogP contribution < -0.4 is 4.72 Å². The van der Waals surface area contributed by atoms with Crippen molar-refractivity contribution in [3.8, 4) is 0 Å². The summed E-state index contributed by atoms with van der Waals surface area (Å²) < 4.78 is 63.8. The van der Waals surface area contributed by atoms with Gasteiger partial charge in [-0.1, -0.05) is 11.6 Å². The number of benzene rings is 1. The minimum absolute atomic E-state index is 0.0819. The molecule has 0 spiro atoms. The van der Waals surface area contributed by atoms with Crippen LogP contribution in [0.15, 0.2) is 35.5 Å². The van der Waals surface area contributed by atoms with Crippen LogP contribution >= 0.6 is 11.6 Å². The largest absolute Gasteiger partial charge is 0.416 e. The summed E-state index contributed by atoms with van der Waals surface area (Å²) >= 11 is 5.66. The fourth-order valence-electron chi connectivity index (χ4n) is 1.40. The first-order chi connectivity index (χ1) is 9.20. The number of sulfonamides is 1. The molecule has 0 amide bonds. The highest BCUT2D eigenvalue weighted by Crippen LogP contribution is 2.33. The molecule has 0 saturated carbocycles. The van der Waals surface area contributed by atoms with Gasteiger partial charge in [-0.25, -0.2) is 8.42 Å². The van der Waals surface area contributed by atoms with Gasteiger partial charge in [0.05, 0.1) is 22.5 Å². The van der Waals surface area contributed by atoms with Gasteiger partial charge in [0.1, 0.15) is 4.90 Å². The number of hydrogen-bond donors (Lipinski definition) is 2. The summed E-state index contributed by atoms with van der Waals surface area (Å²) in [7, 11) is -4.24. The van der Waals surface area contributed by atoms with Gasteiger partial charge in [-0.3, -0.25) is 9.82 Å². The topological polar surface area (TPSA) is 74.8 Å². The van der Waals surface area contributed by atoms with Crippen molar-refractivity contribution in [3.05, 3.63) is 41.2 Å². The highest BCUT2D eigenvalue weighted by atomic mass is 35.5. The molecule has 0 atom stereocenters. The Morgan fingerprint density at radius 1 is 1.30 bits per heavy atom. The van der Waals surface area contributed by atoms with Crippen molar-refractivity contribution in [1.29, 1.82) is 0 Å². The quantitative estimate of drug-likeness (QED) is 0.911. The monoisotopic (exact) mass is 325 g/mol. The Balaban J connectivity index is 2.46. The molecule has 0 aliphatic carbocycles. The molecule has 1 heterocycles. The van der Waals surface area contributed by atoms with Gasteiger partial charge in [0.25, 0.3) is 10.0 Å². The third-order valence-corrected chi connectivity index (χ3v) is 4.16. The fraction of sp³-hybridized carbons (Fsp3) is 0.100. The molecule has 2 rings (SSSR count). The van der Waals surface area contributed by atoms with Crippen molar-refractivity contribution in [3.63, 3.8) is 0 Å². The van der Waals surface area contributed by atoms with Crippen molar-refractivity contribution < 1.29 is 21.6 Å². The molecular weight excluding hydrogens is 319 g/mol. The van der Waals surface area contributed by atoms with E-state index in [-0.39, 0.29) is 10.7 Å². The summed E-state index contributed by atoms with van der Waals surface area (Å²) in [5.41, 5.74) is -1.02. The minimum atomic E-state index is -4.66. The van der Waals surface area contributed by atoms with Crippen LogP contribution in [0, 0.1) is 0 Å². The molecule has 0 saturated heterocycles. The summed E-state index contributed by atoms with van der Waals surface area (Å²) in [6, 6.07) is 2.07. The van der Waals surface area contributed by atoms with Crippen molar-refractivity contribution in [1.82, 2.24) is 10.2 Å². The lowest BCUT2D eigenvalue weighted by Gasteiger charge is -2.11. The van der Waals surface area contributed by atoms with E-state index in [1.165, 1.54) is 12.4 Å². The number of hydrogen-bond acceptors (Lipinski definition) is 3. The first-order valence-corrected chi connectivity index (χ1v) is 6.94. The number of aromatic amines is 1. The zero-order valence-electron chi connectivity index (χ0n) is 9.57. The predicted molar refractivity (Wildman–Crippen MR) is 65.9 cm³/mol. The van der Waals surface area contributed by atoms with Crippen molar-refractivity contribution >= 4 is 27.3 Å². The van der Waals surface area contributed by atoms with Crippen LogP contribution in [-0.2, 0) is 16.2 Å². The van der Waals surface area contributed by atoms with Crippen LogP contribution in [0.5, 0.6) is 0 Å². The molecule has 0 fully saturated rings. The maximum absolute atomic E-state index is 12.6. The van der Waals surface area contributed by atoms with Crippen molar-refractivity contribution in [2.24, 2.45) is 0 Å². The van der Waals surface area contributed by atoms with Crippen molar-refractivity contribution in [2.45, 2.75) is 11.1 Å². The lowest BCUT2D eigenvalue weighted by atomic mass is 10.2. The highest BCUT2D eigenvalue weighted by molar-refractivity contribution is 7.92. The van der Waals surface area contributed by atoms with Crippen LogP contribution in [0.3, 0.4) is 0 Å². The summed E-state index contributed by atoms with van der Waals surface area (Å²) in [5.74, 6) is 0. The highest BCUT2D eigenvalue weighted by Gasteiger charge is 2.32. The zero-order valence-corrected chi connectivity index (χ0v) is 11.1. The third kappa shape index (κ3) is 3.05. The van der Waals surface area contributed by atoms with Crippen LogP contribution in [0.25, 0.3) is 0 Å². The van der Waals surface area contributed by atoms with Crippen molar-refractivity contribution in [2.75, 3.05) is 4.72 Å². The lowest BCUT2D eigenvalue weighted by molar-refractivity contribution is -0.137. The van der Waals surface area contributed by atoms with E-state index >= 15 is 0 Å². The molecule has 0 aliphatic heterocycles. The number of anilines is 1. The van der Waals surface area contributed by atoms with E-state index in [0.29, 0.717) is 12.1 Å². The number of rotatable bonds is 3. The third-order valence-electron chi connectivity index (χ3n) is 2.30. The normalized spacial score (nSPS) is 12.4. The number of aromatic nitrogens is 2. The summed E-state index contributed by atoms with van der Waals surface area (Å²) in [4.78, 5) is -0.657. The van der Waals surface area contributed by atoms with Gasteiger partial charge in [0.15, 0.2) is 0 Å². The molecule has 0 unspecified atom stereocenters. The molecule has 10 heteroatoms. The molecule has 1 aromatic carbocycles. The Labute approximate surface area is 116 Å². The second-order valence-corrected chi connectivity index (χ2v) is 5.79.